The Morgan fingerprint density at radius 3 is 2.63 bits per heavy atom. The van der Waals surface area contributed by atoms with E-state index in [1.165, 1.54) is 0 Å². The zero-order chi connectivity index (χ0) is 18.8. The number of hydrogen-bond donors (Lipinski definition) is 0. The van der Waals surface area contributed by atoms with Crippen LogP contribution in [0.25, 0.3) is 17.0 Å². The van der Waals surface area contributed by atoms with Crippen LogP contribution in [0.2, 0.25) is 0 Å². The number of nitrogens with zero attached hydrogens (tertiary/aromatic N) is 2. The molecule has 2 aromatic carbocycles. The topological polar surface area (TPSA) is 34.6 Å². The Morgan fingerprint density at radius 2 is 1.81 bits per heavy atom. The Bertz CT molecular complexity index is 1050. The molecule has 3 aromatic rings. The predicted octanol–water partition coefficient (Wildman–Crippen LogP) is 5.35. The minimum atomic E-state index is 0.740. The number of para-hydroxylation sites is 1. The smallest absolute Gasteiger partial charge is 0.162 e. The fourth-order valence-corrected chi connectivity index (χ4v) is 4.21. The summed E-state index contributed by atoms with van der Waals surface area (Å²) in [6.45, 7) is 0. The highest BCUT2D eigenvalue weighted by Crippen LogP contribution is 2.49. The van der Waals surface area contributed by atoms with Gasteiger partial charge in [0.2, 0.25) is 0 Å². The lowest BCUT2D eigenvalue weighted by Gasteiger charge is -2.15. The highest BCUT2D eigenvalue weighted by Gasteiger charge is 2.24. The highest BCUT2D eigenvalue weighted by molar-refractivity contribution is 8.03. The molecule has 0 saturated carbocycles. The maximum atomic E-state index is 5.42. The molecule has 5 heteroatoms. The summed E-state index contributed by atoms with van der Waals surface area (Å²) in [5, 5.41) is 2.30. The molecule has 1 aromatic heterocycles. The molecule has 0 N–H and O–H groups in total. The molecule has 1 aliphatic rings. The Hall–Kier alpha value is -2.92. The third kappa shape index (κ3) is 3.26. The summed E-state index contributed by atoms with van der Waals surface area (Å²) in [6.07, 6.45) is 8.18. The molecule has 0 fully saturated rings. The summed E-state index contributed by atoms with van der Waals surface area (Å²) in [4.78, 5) is 7.73. The molecule has 0 amide bonds. The van der Waals surface area contributed by atoms with E-state index in [0.29, 0.717) is 0 Å². The second kappa shape index (κ2) is 7.37. The van der Waals surface area contributed by atoms with Crippen LogP contribution in [0, 0.1) is 0 Å². The van der Waals surface area contributed by atoms with Crippen LogP contribution in [-0.2, 0) is 0 Å². The van der Waals surface area contributed by atoms with Crippen molar-refractivity contribution in [3.05, 3.63) is 71.4 Å². The first-order chi connectivity index (χ1) is 13.2. The van der Waals surface area contributed by atoms with Crippen LogP contribution in [0.15, 0.2) is 70.7 Å². The summed E-state index contributed by atoms with van der Waals surface area (Å²) in [5.74, 6) is 1.49. The fraction of sp³-hybridized carbons (Fsp3) is 0.136. The molecular weight excluding hydrogens is 356 g/mol. The second-order valence-electron chi connectivity index (χ2n) is 6.12. The van der Waals surface area contributed by atoms with Crippen LogP contribution < -0.4 is 14.4 Å². The lowest BCUT2D eigenvalue weighted by atomic mass is 10.1. The van der Waals surface area contributed by atoms with Gasteiger partial charge in [-0.1, -0.05) is 42.1 Å². The van der Waals surface area contributed by atoms with Crippen molar-refractivity contribution in [2.75, 3.05) is 26.2 Å². The average molecular weight is 376 g/mol. The maximum absolute atomic E-state index is 5.42. The number of pyridine rings is 1. The molecule has 0 spiro atoms. The molecule has 2 heterocycles. The van der Waals surface area contributed by atoms with Gasteiger partial charge in [0.05, 0.1) is 30.5 Å². The quantitative estimate of drug-likeness (QED) is 0.613. The average Bonchev–Trinajstić information content (AvgIpc) is 3.02. The van der Waals surface area contributed by atoms with Gasteiger partial charge in [-0.25, -0.2) is 0 Å². The fourth-order valence-electron chi connectivity index (χ4n) is 3.14. The number of aromatic nitrogens is 1. The zero-order valence-electron chi connectivity index (χ0n) is 15.5. The highest BCUT2D eigenvalue weighted by atomic mass is 32.2. The minimum Gasteiger partial charge on any atom is -0.493 e. The first kappa shape index (κ1) is 17.5. The minimum absolute atomic E-state index is 0.740. The normalized spacial score (nSPS) is 14.9. The zero-order valence-corrected chi connectivity index (χ0v) is 16.3. The summed E-state index contributed by atoms with van der Waals surface area (Å²) in [6, 6.07) is 14.3. The van der Waals surface area contributed by atoms with Crippen molar-refractivity contribution < 1.29 is 9.47 Å². The van der Waals surface area contributed by atoms with Gasteiger partial charge in [0.25, 0.3) is 0 Å². The standard InChI is InChI=1S/C22H20N2O2S/c1-24-18-13-19(25-2)20(26-3)14-21(18)27-22(24)10-6-7-15-11-12-23-17-9-5-4-8-16(15)17/h4-14H,1-3H3. The van der Waals surface area contributed by atoms with Crippen molar-refractivity contribution in [1.29, 1.82) is 0 Å². The molecule has 1 aliphatic heterocycles. The van der Waals surface area contributed by atoms with Crippen LogP contribution >= 0.6 is 11.8 Å². The third-order valence-electron chi connectivity index (χ3n) is 4.57. The number of anilines is 1. The van der Waals surface area contributed by atoms with Gasteiger partial charge < -0.3 is 14.4 Å². The van der Waals surface area contributed by atoms with E-state index in [2.05, 4.69) is 41.2 Å². The number of benzene rings is 2. The SMILES string of the molecule is COc1cc2c(cc1OC)N(C)C(=CC=Cc1ccnc3ccccc13)S2. The van der Waals surface area contributed by atoms with Crippen LogP contribution in [0.1, 0.15) is 5.56 Å². The van der Waals surface area contributed by atoms with Gasteiger partial charge >= 0.3 is 0 Å². The largest absolute Gasteiger partial charge is 0.493 e. The lowest BCUT2D eigenvalue weighted by Crippen LogP contribution is -2.09. The molecule has 0 saturated heterocycles. The first-order valence-corrected chi connectivity index (χ1v) is 9.42. The summed E-state index contributed by atoms with van der Waals surface area (Å²) in [5.41, 5.74) is 3.28. The maximum Gasteiger partial charge on any atom is 0.162 e. The predicted molar refractivity (Wildman–Crippen MR) is 113 cm³/mol. The van der Waals surface area contributed by atoms with Crippen molar-refractivity contribution in [3.8, 4) is 11.5 Å². The van der Waals surface area contributed by atoms with E-state index in [4.69, 9.17) is 9.47 Å². The monoisotopic (exact) mass is 376 g/mol. The number of fused-ring (bicyclic) bond motifs is 2. The van der Waals surface area contributed by atoms with Crippen molar-refractivity contribution in [2.24, 2.45) is 0 Å². The van der Waals surface area contributed by atoms with E-state index in [1.54, 1.807) is 26.0 Å². The van der Waals surface area contributed by atoms with Crippen molar-refractivity contribution in [3.63, 3.8) is 0 Å². The Labute approximate surface area is 163 Å². The van der Waals surface area contributed by atoms with Crippen LogP contribution in [0.4, 0.5) is 5.69 Å². The molecule has 136 valence electrons. The summed E-state index contributed by atoms with van der Waals surface area (Å²) < 4.78 is 10.8. The molecule has 0 aliphatic carbocycles. The Morgan fingerprint density at radius 1 is 1.04 bits per heavy atom. The van der Waals surface area contributed by atoms with E-state index in [-0.39, 0.29) is 0 Å². The van der Waals surface area contributed by atoms with E-state index in [1.807, 2.05) is 42.6 Å². The van der Waals surface area contributed by atoms with E-state index >= 15 is 0 Å². The summed E-state index contributed by atoms with van der Waals surface area (Å²) in [7, 11) is 5.38. The molecule has 4 nitrogen and oxygen atoms in total. The van der Waals surface area contributed by atoms with Crippen LogP contribution in [-0.4, -0.2) is 26.3 Å². The van der Waals surface area contributed by atoms with Crippen molar-refractivity contribution in [2.45, 2.75) is 4.90 Å². The Kier molecular flexibility index (Phi) is 4.77. The van der Waals surface area contributed by atoms with Gasteiger partial charge in [0.15, 0.2) is 11.5 Å². The van der Waals surface area contributed by atoms with Gasteiger partial charge in [0, 0.05) is 35.7 Å². The molecule has 0 atom stereocenters. The first-order valence-electron chi connectivity index (χ1n) is 8.61. The van der Waals surface area contributed by atoms with Gasteiger partial charge in [-0.15, -0.1) is 0 Å². The number of hydrogen-bond acceptors (Lipinski definition) is 5. The number of allylic oxidation sites excluding steroid dienone is 2. The van der Waals surface area contributed by atoms with Crippen LogP contribution in [0.5, 0.6) is 11.5 Å². The van der Waals surface area contributed by atoms with Crippen molar-refractivity contribution >= 4 is 34.4 Å². The second-order valence-corrected chi connectivity index (χ2v) is 7.18. The lowest BCUT2D eigenvalue weighted by molar-refractivity contribution is 0.354. The molecular formula is C22H20N2O2S. The molecule has 27 heavy (non-hydrogen) atoms. The number of methoxy groups -OCH3 is 2. The molecule has 0 radical (unpaired) electrons. The van der Waals surface area contributed by atoms with Gasteiger partial charge in [0.1, 0.15) is 0 Å². The van der Waals surface area contributed by atoms with Gasteiger partial charge in [-0.05, 0) is 23.8 Å². The molecule has 4 rings (SSSR count). The Balaban J connectivity index is 1.62. The van der Waals surface area contributed by atoms with Crippen LogP contribution in [0.3, 0.4) is 0 Å². The van der Waals surface area contributed by atoms with Crippen molar-refractivity contribution in [1.82, 2.24) is 4.98 Å². The van der Waals surface area contributed by atoms with Gasteiger partial charge in [-0.2, -0.15) is 0 Å². The molecule has 0 bridgehead atoms. The van der Waals surface area contributed by atoms with E-state index in [9.17, 15) is 0 Å². The number of thioether (sulfide) groups is 1. The van der Waals surface area contributed by atoms with E-state index in [0.717, 1.165) is 43.6 Å². The summed E-state index contributed by atoms with van der Waals surface area (Å²) >= 11 is 1.72. The van der Waals surface area contributed by atoms with Gasteiger partial charge in [-0.3, -0.25) is 4.98 Å². The number of rotatable bonds is 4. The molecule has 0 unspecified atom stereocenters. The van der Waals surface area contributed by atoms with E-state index < -0.39 is 0 Å². The number of ether oxygens (including phenoxy) is 2. The third-order valence-corrected chi connectivity index (χ3v) is 5.73.